The van der Waals surface area contributed by atoms with Crippen LogP contribution in [-0.2, 0) is 116 Å². The van der Waals surface area contributed by atoms with Gasteiger partial charge in [0.25, 0.3) is 0 Å². The maximum absolute atomic E-state index is 8.06. The quantitative estimate of drug-likeness (QED) is 0.151. The van der Waals surface area contributed by atoms with Gasteiger partial charge in [-0.15, -0.1) is 0 Å². The number of hydrogen-bond donors (Lipinski definition) is 4. The van der Waals surface area contributed by atoms with E-state index in [-0.39, 0.29) is 100 Å². The molecule has 18 heavy (non-hydrogen) atoms. The van der Waals surface area contributed by atoms with Crippen molar-refractivity contribution in [2.24, 2.45) is 0 Å². The van der Waals surface area contributed by atoms with Gasteiger partial charge in [0.1, 0.15) is 0 Å². The zero-order chi connectivity index (χ0) is 10.0. The van der Waals surface area contributed by atoms with Crippen LogP contribution in [0.15, 0.2) is 0 Å². The van der Waals surface area contributed by atoms with Crippen LogP contribution in [0.2, 0.25) is 0 Å². The topological polar surface area (TPSA) is 212 Å². The van der Waals surface area contributed by atoms with Gasteiger partial charge >= 0.3 is 48.6 Å². The Morgan fingerprint density at radius 2 is 0.500 bits per heavy atom. The molecule has 3 radical (unpaired) electrons. The van der Waals surface area contributed by atoms with Crippen molar-refractivity contribution < 1.29 is 148 Å². The van der Waals surface area contributed by atoms with E-state index in [1.807, 2.05) is 0 Å². The molecule has 0 amide bonds. The van der Waals surface area contributed by atoms with Gasteiger partial charge in [-0.3, -0.25) is 21.0 Å². The van der Waals surface area contributed by atoms with Crippen LogP contribution in [0.3, 0.4) is 0 Å². The summed E-state index contributed by atoms with van der Waals surface area (Å²) in [7, 11) is 0. The Balaban J connectivity index is -0.00000000142. The Labute approximate surface area is 177 Å². The van der Waals surface area contributed by atoms with E-state index in [1.165, 1.54) is 0 Å². The molecule has 0 aliphatic rings. The molecular formula is C3H20Ag5O10. The molecule has 0 aliphatic heterocycles. The molecule has 0 atom stereocenters. The van der Waals surface area contributed by atoms with Gasteiger partial charge in [0.15, 0.2) is 0 Å². The third-order valence-electron chi connectivity index (χ3n) is 0. The fourth-order valence-corrected chi connectivity index (χ4v) is 0. The molecule has 0 unspecified atom stereocenters. The van der Waals surface area contributed by atoms with Crippen molar-refractivity contribution in [1.82, 2.24) is 0 Å². The molecule has 0 heterocycles. The van der Waals surface area contributed by atoms with Gasteiger partial charge in [-0.25, -0.2) is 0 Å². The van der Waals surface area contributed by atoms with E-state index < -0.39 is 0 Å². The van der Waals surface area contributed by atoms with Gasteiger partial charge in [-0.05, 0) is 0 Å². The van der Waals surface area contributed by atoms with E-state index >= 15 is 0 Å². The molecule has 10 nitrogen and oxygen atoms in total. The van der Waals surface area contributed by atoms with Gasteiger partial charge in [0.2, 0.25) is 0 Å². The summed E-state index contributed by atoms with van der Waals surface area (Å²) in [5, 5.41) is 24.0. The van der Waals surface area contributed by atoms with Crippen molar-refractivity contribution in [2.45, 2.75) is 22.3 Å². The molecule has 0 aliphatic carbocycles. The normalized spacial score (nSPS) is 1.56. The molecule has 0 rings (SSSR count). The van der Waals surface area contributed by atoms with Crippen LogP contribution in [0.4, 0.5) is 0 Å². The summed E-state index contributed by atoms with van der Waals surface area (Å²) in [6.07, 6.45) is 0. The first-order valence-corrected chi connectivity index (χ1v) is 2.02. The summed E-state index contributed by atoms with van der Waals surface area (Å²) in [6.45, 7) is 0. The number of rotatable bonds is 0. The second-order valence-corrected chi connectivity index (χ2v) is 0. The molecule has 0 aromatic carbocycles. The average molecular weight is 756 g/mol. The Hall–Kier alpha value is 2.66. The first-order valence-electron chi connectivity index (χ1n) is 0.813. The number of hydrogen-bond acceptors (Lipinski definition) is 8. The van der Waals surface area contributed by atoms with E-state index in [0.717, 1.165) is 0 Å². The van der Waals surface area contributed by atoms with E-state index in [9.17, 15) is 0 Å². The summed E-state index contributed by atoms with van der Waals surface area (Å²) >= 11 is 3.40. The first kappa shape index (κ1) is 136. The SMILES string of the molecule is C.C.C.O.O.O=O.OO.OO.[Ag].[Ag].[Ag].[O]=[Ag].[O]=[Ag]. The Morgan fingerprint density at radius 1 is 0.500 bits per heavy atom. The van der Waals surface area contributed by atoms with Gasteiger partial charge in [-0.1, -0.05) is 22.3 Å². The second-order valence-electron chi connectivity index (χ2n) is 0. The van der Waals surface area contributed by atoms with Crippen molar-refractivity contribution in [3.63, 3.8) is 0 Å². The molecule has 15 heteroatoms. The zero-order valence-corrected chi connectivity index (χ0v) is 13.3. The van der Waals surface area contributed by atoms with Gasteiger partial charge in [0, 0.05) is 77.1 Å². The van der Waals surface area contributed by atoms with Crippen molar-refractivity contribution >= 4 is 0 Å². The molecular weight excluding hydrogens is 735 g/mol. The van der Waals surface area contributed by atoms with Crippen molar-refractivity contribution in [3.8, 4) is 0 Å². The van der Waals surface area contributed by atoms with Crippen LogP contribution in [0.25, 0.3) is 0 Å². The minimum absolute atomic E-state index is 0. The van der Waals surface area contributed by atoms with E-state index in [4.69, 9.17) is 37.5 Å². The molecule has 0 bridgehead atoms. The molecule has 0 aromatic rings. The Kier molecular flexibility index (Phi) is 7310. The van der Waals surface area contributed by atoms with Crippen LogP contribution in [0.5, 0.6) is 0 Å². The molecule has 0 saturated carbocycles. The maximum atomic E-state index is 8.06. The third-order valence-corrected chi connectivity index (χ3v) is 0. The van der Waals surface area contributed by atoms with Gasteiger partial charge in [-0.2, -0.15) is 0 Å². The molecule has 0 saturated heterocycles. The molecule has 0 spiro atoms. The minimum atomic E-state index is 0. The zero-order valence-electron chi connectivity index (χ0n) is 5.93. The van der Waals surface area contributed by atoms with E-state index in [2.05, 4.69) is 0 Å². The first-order chi connectivity index (χ1) is 5.00. The summed E-state index contributed by atoms with van der Waals surface area (Å²) in [6, 6.07) is 0. The monoisotopic (exact) mass is 751 g/mol. The van der Waals surface area contributed by atoms with Crippen molar-refractivity contribution in [2.75, 3.05) is 0 Å². The average Bonchev–Trinajstić information content (AvgIpc) is 2.20. The summed E-state index contributed by atoms with van der Waals surface area (Å²) < 4.78 is 16.1. The van der Waals surface area contributed by atoms with Gasteiger partial charge < -0.3 is 11.0 Å². The molecule has 8 N–H and O–H groups in total. The van der Waals surface area contributed by atoms with Crippen LogP contribution >= 0.6 is 0 Å². The van der Waals surface area contributed by atoms with E-state index in [0.29, 0.717) is 0 Å². The predicted molar refractivity (Wildman–Crippen MR) is 46.0 cm³/mol. The van der Waals surface area contributed by atoms with Crippen LogP contribution in [0.1, 0.15) is 22.3 Å². The summed E-state index contributed by atoms with van der Waals surface area (Å²) in [5.74, 6) is 0. The second kappa shape index (κ2) is 967. The van der Waals surface area contributed by atoms with E-state index in [1.54, 1.807) is 42.1 Å². The van der Waals surface area contributed by atoms with Crippen molar-refractivity contribution in [1.29, 1.82) is 0 Å². The standard InChI is InChI=1S/3CH4.5Ag.2H2O2.O2.2H2O.2O/c;;;;;;;;3*1-2;;;;/h3*1H4;;;;;;2*1-2H;;2*1H2;;. The summed E-state index contributed by atoms with van der Waals surface area (Å²) in [5.41, 5.74) is 0. The van der Waals surface area contributed by atoms with Crippen LogP contribution in [0, 0.1) is 9.93 Å². The fourth-order valence-electron chi connectivity index (χ4n) is 0. The summed E-state index contributed by atoms with van der Waals surface area (Å²) in [4.78, 5) is 14.0. The fraction of sp³-hybridized carbons (Fsp3) is 1.00. The van der Waals surface area contributed by atoms with Crippen LogP contribution < -0.4 is 0 Å². The molecule has 0 fully saturated rings. The Bertz CT molecular complexity index is 30.2. The Morgan fingerprint density at radius 3 is 0.500 bits per heavy atom. The molecule has 147 valence electrons. The molecule has 0 aromatic heterocycles. The predicted octanol–water partition coefficient (Wildman–Crippen LogP) is 0.111. The van der Waals surface area contributed by atoms with Gasteiger partial charge in [0.05, 0.1) is 0 Å². The third kappa shape index (κ3) is 822. The van der Waals surface area contributed by atoms with Crippen LogP contribution in [-0.4, -0.2) is 32.0 Å². The van der Waals surface area contributed by atoms with Crippen molar-refractivity contribution in [3.05, 3.63) is 9.93 Å².